The molecule has 1 aromatic rings. The van der Waals surface area contributed by atoms with E-state index in [1.807, 2.05) is 25.3 Å². The molecule has 0 spiro atoms. The third kappa shape index (κ3) is 4.37. The number of nitrogens with zero attached hydrogens (tertiary/aromatic N) is 4. The first-order valence-electron chi connectivity index (χ1n) is 9.93. The number of amides is 1. The van der Waals surface area contributed by atoms with Crippen LogP contribution in [0.5, 0.6) is 0 Å². The zero-order valence-corrected chi connectivity index (χ0v) is 16.6. The van der Waals surface area contributed by atoms with Gasteiger partial charge in [-0.3, -0.25) is 14.3 Å². The summed E-state index contributed by atoms with van der Waals surface area (Å²) in [5.74, 6) is 1.35. The molecule has 1 saturated heterocycles. The maximum atomic E-state index is 12.6. The zero-order chi connectivity index (χ0) is 18.9. The van der Waals surface area contributed by atoms with Crippen LogP contribution in [-0.4, -0.2) is 50.3 Å². The van der Waals surface area contributed by atoms with E-state index < -0.39 is 0 Å². The maximum Gasteiger partial charge on any atom is 0.345 e. The second kappa shape index (κ2) is 7.55. The molecular formula is C19H33N5O2. The lowest BCUT2D eigenvalue weighted by Gasteiger charge is -2.32. The Morgan fingerprint density at radius 1 is 1.15 bits per heavy atom. The van der Waals surface area contributed by atoms with Gasteiger partial charge in [0.1, 0.15) is 5.82 Å². The van der Waals surface area contributed by atoms with Gasteiger partial charge in [0, 0.05) is 24.5 Å². The molecule has 1 aromatic heterocycles. The number of piperidine rings is 1. The van der Waals surface area contributed by atoms with Crippen LogP contribution in [0.1, 0.15) is 77.1 Å². The van der Waals surface area contributed by atoms with Gasteiger partial charge in [0.05, 0.1) is 6.54 Å². The minimum atomic E-state index is -0.194. The standard InChI is InChI=1S/C19H33N5O2/c1-19(2,3)20-16(25)13-23-11-9-14(10-12-23)17-21-22(4)18(26)24(17)15-7-5-6-8-15/h14-15H,5-13H2,1-4H3,(H,20,25). The molecule has 146 valence electrons. The molecule has 1 aliphatic heterocycles. The van der Waals surface area contributed by atoms with Gasteiger partial charge in [0.15, 0.2) is 0 Å². The average molecular weight is 364 g/mol. The molecule has 2 fully saturated rings. The highest BCUT2D eigenvalue weighted by atomic mass is 16.2. The van der Waals surface area contributed by atoms with Gasteiger partial charge < -0.3 is 5.32 Å². The number of nitrogens with one attached hydrogen (secondary N) is 1. The van der Waals surface area contributed by atoms with Crippen molar-refractivity contribution in [2.24, 2.45) is 7.05 Å². The second-order valence-electron chi connectivity index (χ2n) is 8.92. The molecule has 26 heavy (non-hydrogen) atoms. The van der Waals surface area contributed by atoms with Crippen molar-refractivity contribution < 1.29 is 4.79 Å². The van der Waals surface area contributed by atoms with Gasteiger partial charge >= 0.3 is 5.69 Å². The molecule has 0 bridgehead atoms. The van der Waals surface area contributed by atoms with Gasteiger partial charge in [-0.05, 0) is 59.5 Å². The van der Waals surface area contributed by atoms with E-state index in [0.717, 1.165) is 44.6 Å². The number of carbonyl (C=O) groups excluding carboxylic acids is 1. The topological polar surface area (TPSA) is 72.2 Å². The fourth-order valence-corrected chi connectivity index (χ4v) is 4.29. The Morgan fingerprint density at radius 3 is 2.35 bits per heavy atom. The molecule has 2 aliphatic rings. The molecule has 0 radical (unpaired) electrons. The van der Waals surface area contributed by atoms with Crippen LogP contribution in [0.2, 0.25) is 0 Å². The monoisotopic (exact) mass is 363 g/mol. The van der Waals surface area contributed by atoms with Crippen LogP contribution in [-0.2, 0) is 11.8 Å². The summed E-state index contributed by atoms with van der Waals surface area (Å²) in [4.78, 5) is 26.9. The fourth-order valence-electron chi connectivity index (χ4n) is 4.29. The van der Waals surface area contributed by atoms with Crippen molar-refractivity contribution in [2.75, 3.05) is 19.6 Å². The Morgan fingerprint density at radius 2 is 1.77 bits per heavy atom. The quantitative estimate of drug-likeness (QED) is 0.885. The van der Waals surface area contributed by atoms with Crippen LogP contribution in [0.25, 0.3) is 0 Å². The normalized spacial score (nSPS) is 20.6. The number of aryl methyl sites for hydroxylation is 1. The summed E-state index contributed by atoms with van der Waals surface area (Å²) in [6.45, 7) is 8.19. The summed E-state index contributed by atoms with van der Waals surface area (Å²) >= 11 is 0. The Kier molecular flexibility index (Phi) is 5.55. The summed E-state index contributed by atoms with van der Waals surface area (Å²) in [6.07, 6.45) is 6.48. The molecule has 1 saturated carbocycles. The summed E-state index contributed by atoms with van der Waals surface area (Å²) in [7, 11) is 1.75. The number of hydrogen-bond acceptors (Lipinski definition) is 4. The second-order valence-corrected chi connectivity index (χ2v) is 8.92. The van der Waals surface area contributed by atoms with Gasteiger partial charge in [0.2, 0.25) is 5.91 Å². The van der Waals surface area contributed by atoms with Crippen molar-refractivity contribution >= 4 is 5.91 Å². The lowest BCUT2D eigenvalue weighted by Crippen LogP contribution is -2.47. The van der Waals surface area contributed by atoms with E-state index in [1.165, 1.54) is 17.5 Å². The first-order chi connectivity index (χ1) is 12.2. The molecule has 0 atom stereocenters. The van der Waals surface area contributed by atoms with Crippen LogP contribution < -0.4 is 11.0 Å². The van der Waals surface area contributed by atoms with Crippen LogP contribution in [0.4, 0.5) is 0 Å². The largest absolute Gasteiger partial charge is 0.350 e. The van der Waals surface area contributed by atoms with Crippen LogP contribution in [0.3, 0.4) is 0 Å². The lowest BCUT2D eigenvalue weighted by molar-refractivity contribution is -0.123. The van der Waals surface area contributed by atoms with Crippen LogP contribution in [0, 0.1) is 0 Å². The predicted molar refractivity (Wildman–Crippen MR) is 101 cm³/mol. The first-order valence-corrected chi connectivity index (χ1v) is 9.93. The number of rotatable bonds is 4. The van der Waals surface area contributed by atoms with E-state index in [2.05, 4.69) is 15.3 Å². The molecule has 1 aliphatic carbocycles. The fraction of sp³-hybridized carbons (Fsp3) is 0.842. The van der Waals surface area contributed by atoms with E-state index >= 15 is 0 Å². The van der Waals surface area contributed by atoms with Crippen molar-refractivity contribution in [2.45, 2.75) is 76.8 Å². The highest BCUT2D eigenvalue weighted by Crippen LogP contribution is 2.33. The highest BCUT2D eigenvalue weighted by Gasteiger charge is 2.30. The number of aromatic nitrogens is 3. The van der Waals surface area contributed by atoms with Gasteiger partial charge in [0.25, 0.3) is 0 Å². The van der Waals surface area contributed by atoms with Gasteiger partial charge in [-0.25, -0.2) is 9.48 Å². The van der Waals surface area contributed by atoms with Crippen molar-refractivity contribution in [3.8, 4) is 0 Å². The SMILES string of the molecule is Cn1nc(C2CCN(CC(=O)NC(C)(C)C)CC2)n(C2CCCC2)c1=O. The third-order valence-electron chi connectivity index (χ3n) is 5.51. The van der Waals surface area contributed by atoms with Gasteiger partial charge in [-0.1, -0.05) is 12.8 Å². The first kappa shape index (κ1) is 19.1. The molecule has 0 unspecified atom stereocenters. The Hall–Kier alpha value is -1.63. The summed E-state index contributed by atoms with van der Waals surface area (Å²) in [5.41, 5.74) is -0.167. The zero-order valence-electron chi connectivity index (χ0n) is 16.6. The molecular weight excluding hydrogens is 330 g/mol. The van der Waals surface area contributed by atoms with Gasteiger partial charge in [-0.15, -0.1) is 0 Å². The summed E-state index contributed by atoms with van der Waals surface area (Å²) < 4.78 is 3.47. The van der Waals surface area contributed by atoms with Crippen molar-refractivity contribution in [3.63, 3.8) is 0 Å². The molecule has 2 heterocycles. The maximum absolute atomic E-state index is 12.6. The number of likely N-dealkylation sites (tertiary alicyclic amines) is 1. The van der Waals surface area contributed by atoms with Crippen molar-refractivity contribution in [1.82, 2.24) is 24.6 Å². The lowest BCUT2D eigenvalue weighted by atomic mass is 9.95. The van der Waals surface area contributed by atoms with Crippen LogP contribution >= 0.6 is 0 Å². The van der Waals surface area contributed by atoms with E-state index in [4.69, 9.17) is 0 Å². The minimum Gasteiger partial charge on any atom is -0.350 e. The summed E-state index contributed by atoms with van der Waals surface area (Å²) in [6, 6.07) is 0.321. The third-order valence-corrected chi connectivity index (χ3v) is 5.51. The molecule has 1 amide bonds. The minimum absolute atomic E-state index is 0.0267. The molecule has 3 rings (SSSR count). The predicted octanol–water partition coefficient (Wildman–Crippen LogP) is 1.79. The Labute approximate surface area is 155 Å². The smallest absolute Gasteiger partial charge is 0.345 e. The number of hydrogen-bond donors (Lipinski definition) is 1. The number of carbonyl (C=O) groups is 1. The molecule has 7 nitrogen and oxygen atoms in total. The highest BCUT2D eigenvalue weighted by molar-refractivity contribution is 5.78. The van der Waals surface area contributed by atoms with E-state index in [0.29, 0.717) is 18.5 Å². The Bertz CT molecular complexity index is 686. The summed E-state index contributed by atoms with van der Waals surface area (Å²) in [5, 5.41) is 7.61. The van der Waals surface area contributed by atoms with Crippen molar-refractivity contribution in [1.29, 1.82) is 0 Å². The van der Waals surface area contributed by atoms with E-state index in [1.54, 1.807) is 7.05 Å². The molecule has 7 heteroatoms. The molecule has 0 aromatic carbocycles. The molecule has 1 N–H and O–H groups in total. The van der Waals surface area contributed by atoms with E-state index in [-0.39, 0.29) is 17.1 Å². The average Bonchev–Trinajstić information content (AvgIpc) is 3.15. The van der Waals surface area contributed by atoms with Crippen LogP contribution in [0.15, 0.2) is 4.79 Å². The van der Waals surface area contributed by atoms with Gasteiger partial charge in [-0.2, -0.15) is 5.10 Å². The van der Waals surface area contributed by atoms with Crippen molar-refractivity contribution in [3.05, 3.63) is 16.3 Å². The van der Waals surface area contributed by atoms with E-state index in [9.17, 15) is 9.59 Å². The Balaban J connectivity index is 1.63.